The third kappa shape index (κ3) is 2.76. The Hall–Kier alpha value is -1.42. The first-order valence-corrected chi connectivity index (χ1v) is 4.86. The molecule has 1 atom stereocenters. The molecule has 0 aromatic heterocycles. The monoisotopic (exact) mass is 207 g/mol. The number of nitrogens with zero attached hydrogens (tertiary/aromatic N) is 1. The second-order valence-corrected chi connectivity index (χ2v) is 3.59. The molecule has 1 heterocycles. The van der Waals surface area contributed by atoms with E-state index in [1.807, 2.05) is 19.9 Å². The third-order valence-electron chi connectivity index (χ3n) is 2.47. The van der Waals surface area contributed by atoms with Crippen LogP contribution in [0.1, 0.15) is 20.3 Å². The zero-order chi connectivity index (χ0) is 11.4. The van der Waals surface area contributed by atoms with Crippen LogP contribution in [-0.2, 0) is 4.74 Å². The Morgan fingerprint density at radius 2 is 2.33 bits per heavy atom. The summed E-state index contributed by atoms with van der Waals surface area (Å²) in [5, 5.41) is 7.23. The van der Waals surface area contributed by atoms with Gasteiger partial charge in [-0.2, -0.15) is 0 Å². The lowest BCUT2D eigenvalue weighted by Crippen LogP contribution is -2.17. The van der Waals surface area contributed by atoms with Crippen molar-refractivity contribution >= 4 is 12.1 Å². The fourth-order valence-corrected chi connectivity index (χ4v) is 1.45. The van der Waals surface area contributed by atoms with Gasteiger partial charge in [0, 0.05) is 19.7 Å². The highest BCUT2D eigenvalue weighted by Crippen LogP contribution is 2.19. The minimum atomic E-state index is 0.0267. The zero-order valence-electron chi connectivity index (χ0n) is 9.37. The summed E-state index contributed by atoms with van der Waals surface area (Å²) in [4.78, 5) is 4.17. The summed E-state index contributed by atoms with van der Waals surface area (Å²) in [6, 6.07) is 0. The molecule has 1 unspecified atom stereocenters. The molecule has 0 spiro atoms. The van der Waals surface area contributed by atoms with E-state index in [9.17, 15) is 0 Å². The number of hydrogen-bond acceptors (Lipinski definition) is 4. The molecule has 0 aromatic rings. The van der Waals surface area contributed by atoms with Crippen LogP contribution in [0.25, 0.3) is 0 Å². The second-order valence-electron chi connectivity index (χ2n) is 3.59. The van der Waals surface area contributed by atoms with Gasteiger partial charge in [-0.05, 0) is 25.0 Å². The molecule has 0 amide bonds. The fraction of sp³-hybridized carbons (Fsp3) is 0.455. The van der Waals surface area contributed by atoms with Crippen molar-refractivity contribution in [3.8, 4) is 0 Å². The zero-order valence-corrected chi connectivity index (χ0v) is 9.37. The maximum atomic E-state index is 7.23. The third-order valence-corrected chi connectivity index (χ3v) is 2.47. The van der Waals surface area contributed by atoms with Crippen LogP contribution < -0.4 is 5.73 Å². The highest BCUT2D eigenvalue weighted by atomic mass is 16.5. The van der Waals surface area contributed by atoms with Gasteiger partial charge in [-0.1, -0.05) is 6.08 Å². The number of allylic oxidation sites excluding steroid dienone is 3. The van der Waals surface area contributed by atoms with Gasteiger partial charge >= 0.3 is 0 Å². The number of aliphatic imine (C=N–C) groups is 1. The number of amidine groups is 1. The number of nitrogens with one attached hydrogen (secondary N) is 1. The molecular formula is C11H17N3O. The predicted molar refractivity (Wildman–Crippen MR) is 62.3 cm³/mol. The quantitative estimate of drug-likeness (QED) is 0.690. The molecule has 0 saturated heterocycles. The first kappa shape index (κ1) is 11.7. The van der Waals surface area contributed by atoms with Gasteiger partial charge in [0.2, 0.25) is 0 Å². The normalized spacial score (nSPS) is 19.1. The van der Waals surface area contributed by atoms with Crippen molar-refractivity contribution in [2.75, 3.05) is 7.11 Å². The van der Waals surface area contributed by atoms with E-state index in [-0.39, 0.29) is 6.10 Å². The van der Waals surface area contributed by atoms with E-state index >= 15 is 0 Å². The number of nitrogens with two attached hydrogens (primary N) is 1. The molecule has 0 radical (unpaired) electrons. The van der Waals surface area contributed by atoms with Crippen molar-refractivity contribution in [3.63, 3.8) is 0 Å². The number of methoxy groups -OCH3 is 1. The van der Waals surface area contributed by atoms with Crippen molar-refractivity contribution in [3.05, 3.63) is 22.9 Å². The molecule has 0 aromatic carbocycles. The highest BCUT2D eigenvalue weighted by molar-refractivity contribution is 5.90. The summed E-state index contributed by atoms with van der Waals surface area (Å²) in [5.41, 5.74) is 8.42. The van der Waals surface area contributed by atoms with Crippen LogP contribution >= 0.6 is 0 Å². The van der Waals surface area contributed by atoms with Crippen LogP contribution in [0.3, 0.4) is 0 Å². The first-order chi connectivity index (χ1) is 7.08. The molecule has 0 bridgehead atoms. The van der Waals surface area contributed by atoms with Gasteiger partial charge in [0.25, 0.3) is 0 Å². The van der Waals surface area contributed by atoms with Crippen molar-refractivity contribution in [1.29, 1.82) is 5.41 Å². The lowest BCUT2D eigenvalue weighted by atomic mass is 10.0. The standard InChI is InChI=1S/C11H17N3O/c1-7-4-9(8(2)15-3)5-11(13)14-10(7)6-12/h4,6,8,12H,5H2,1-3H3,(H2,13,14). The molecule has 0 saturated carbocycles. The van der Waals surface area contributed by atoms with E-state index in [1.54, 1.807) is 7.11 Å². The predicted octanol–water partition coefficient (Wildman–Crippen LogP) is 1.63. The summed E-state index contributed by atoms with van der Waals surface area (Å²) in [6.07, 6.45) is 3.85. The van der Waals surface area contributed by atoms with Crippen LogP contribution in [0.5, 0.6) is 0 Å². The molecule has 1 aliphatic rings. The molecule has 4 heteroatoms. The molecule has 3 N–H and O–H groups in total. The molecule has 15 heavy (non-hydrogen) atoms. The SMILES string of the molecule is COC(C)C1=CC(C)=C(C=N)N=C(N)C1. The molecule has 0 aliphatic carbocycles. The van der Waals surface area contributed by atoms with Gasteiger partial charge in [-0.25, -0.2) is 4.99 Å². The summed E-state index contributed by atoms with van der Waals surface area (Å²) in [5.74, 6) is 0.528. The summed E-state index contributed by atoms with van der Waals surface area (Å²) in [6.45, 7) is 3.90. The average molecular weight is 207 g/mol. The van der Waals surface area contributed by atoms with Crippen LogP contribution in [0.4, 0.5) is 0 Å². The van der Waals surface area contributed by atoms with Crippen LogP contribution in [0, 0.1) is 5.41 Å². The minimum absolute atomic E-state index is 0.0267. The van der Waals surface area contributed by atoms with Crippen molar-refractivity contribution < 1.29 is 4.74 Å². The number of rotatable bonds is 3. The number of ether oxygens (including phenoxy) is 1. The summed E-state index contributed by atoms with van der Waals surface area (Å²) < 4.78 is 5.25. The molecule has 0 fully saturated rings. The molecule has 82 valence electrons. The maximum Gasteiger partial charge on any atom is 0.104 e. The van der Waals surface area contributed by atoms with Gasteiger partial charge < -0.3 is 15.9 Å². The Balaban J connectivity index is 3.10. The average Bonchev–Trinajstić information content (AvgIpc) is 2.36. The largest absolute Gasteiger partial charge is 0.387 e. The van der Waals surface area contributed by atoms with Gasteiger partial charge in [0.05, 0.1) is 11.8 Å². The van der Waals surface area contributed by atoms with E-state index < -0.39 is 0 Å². The summed E-state index contributed by atoms with van der Waals surface area (Å²) >= 11 is 0. The van der Waals surface area contributed by atoms with E-state index in [0.717, 1.165) is 11.1 Å². The smallest absolute Gasteiger partial charge is 0.104 e. The van der Waals surface area contributed by atoms with Gasteiger partial charge in [0.1, 0.15) is 5.84 Å². The Kier molecular flexibility index (Phi) is 3.80. The first-order valence-electron chi connectivity index (χ1n) is 4.86. The lowest BCUT2D eigenvalue weighted by molar-refractivity contribution is 0.145. The van der Waals surface area contributed by atoms with E-state index in [1.165, 1.54) is 6.21 Å². The molecule has 4 nitrogen and oxygen atoms in total. The lowest BCUT2D eigenvalue weighted by Gasteiger charge is -2.13. The summed E-state index contributed by atoms with van der Waals surface area (Å²) in [7, 11) is 1.67. The van der Waals surface area contributed by atoms with E-state index in [2.05, 4.69) is 4.99 Å². The van der Waals surface area contributed by atoms with E-state index in [0.29, 0.717) is 18.0 Å². The molecular weight excluding hydrogens is 190 g/mol. The highest BCUT2D eigenvalue weighted by Gasteiger charge is 2.13. The van der Waals surface area contributed by atoms with Crippen LogP contribution in [0.2, 0.25) is 0 Å². The Morgan fingerprint density at radius 3 is 2.87 bits per heavy atom. The Labute approximate surface area is 90.0 Å². The minimum Gasteiger partial charge on any atom is -0.387 e. The van der Waals surface area contributed by atoms with Crippen molar-refractivity contribution in [1.82, 2.24) is 0 Å². The Bertz CT molecular complexity index is 353. The van der Waals surface area contributed by atoms with Gasteiger partial charge in [-0.15, -0.1) is 0 Å². The van der Waals surface area contributed by atoms with Crippen LogP contribution in [0.15, 0.2) is 27.9 Å². The topological polar surface area (TPSA) is 71.5 Å². The van der Waals surface area contributed by atoms with Crippen molar-refractivity contribution in [2.45, 2.75) is 26.4 Å². The van der Waals surface area contributed by atoms with Crippen molar-refractivity contribution in [2.24, 2.45) is 10.7 Å². The number of hydrogen-bond donors (Lipinski definition) is 2. The molecule has 1 aliphatic heterocycles. The van der Waals surface area contributed by atoms with Crippen LogP contribution in [-0.4, -0.2) is 25.3 Å². The van der Waals surface area contributed by atoms with Gasteiger partial charge in [-0.3, -0.25) is 0 Å². The van der Waals surface area contributed by atoms with Gasteiger partial charge in [0.15, 0.2) is 0 Å². The Morgan fingerprint density at radius 1 is 1.67 bits per heavy atom. The second kappa shape index (κ2) is 4.89. The molecule has 1 rings (SSSR count). The maximum absolute atomic E-state index is 7.23. The van der Waals surface area contributed by atoms with E-state index in [4.69, 9.17) is 15.9 Å². The fourth-order valence-electron chi connectivity index (χ4n) is 1.45.